The number of aliphatic imine (C=N–C) groups is 1. The van der Waals surface area contributed by atoms with Crippen molar-refractivity contribution in [1.82, 2.24) is 9.55 Å². The molecule has 0 saturated carbocycles. The molecule has 184 valence electrons. The molecule has 3 heterocycles. The zero-order chi connectivity index (χ0) is 25.7. The number of aryl methyl sites for hydroxylation is 1. The number of carbonyl (C=O) groups is 2. The van der Waals surface area contributed by atoms with Gasteiger partial charge in [-0.2, -0.15) is 0 Å². The largest absolute Gasteiger partial charge is 0.469 e. The summed E-state index contributed by atoms with van der Waals surface area (Å²) in [5.74, 6) is -0.786. The van der Waals surface area contributed by atoms with Crippen molar-refractivity contribution in [2.24, 2.45) is 4.99 Å². The van der Waals surface area contributed by atoms with Crippen LogP contribution in [-0.2, 0) is 27.2 Å². The molecule has 4 aromatic rings. The number of aromatic nitrogens is 2. The van der Waals surface area contributed by atoms with Gasteiger partial charge in [0, 0.05) is 11.8 Å². The summed E-state index contributed by atoms with van der Waals surface area (Å²) in [6.07, 6.45) is 0.815. The maximum absolute atomic E-state index is 14.3. The lowest BCUT2D eigenvalue weighted by Gasteiger charge is -2.29. The molecule has 8 heteroatoms. The van der Waals surface area contributed by atoms with Crippen LogP contribution < -0.4 is 10.5 Å². The summed E-state index contributed by atoms with van der Waals surface area (Å²) in [7, 11) is 1.27. The Labute approximate surface area is 212 Å². The Bertz CT molecular complexity index is 1660. The van der Waals surface area contributed by atoms with Crippen LogP contribution >= 0.6 is 0 Å². The number of hydrogen-bond donors (Lipinski definition) is 0. The first-order chi connectivity index (χ1) is 18.0. The number of benzene rings is 3. The molecule has 1 aromatic heterocycles. The Hall–Kier alpha value is -4.59. The molecule has 8 nitrogen and oxygen atoms in total. The van der Waals surface area contributed by atoms with Gasteiger partial charge in [0.1, 0.15) is 12.2 Å². The summed E-state index contributed by atoms with van der Waals surface area (Å²) in [6, 6.07) is 20.6. The molecule has 2 aliphatic rings. The zero-order valence-electron chi connectivity index (χ0n) is 20.4. The van der Waals surface area contributed by atoms with E-state index in [9.17, 15) is 14.4 Å². The lowest BCUT2D eigenvalue weighted by Crippen LogP contribution is -2.41. The second-order valence-electron chi connectivity index (χ2n) is 9.33. The van der Waals surface area contributed by atoms with Crippen LogP contribution in [0.15, 0.2) is 76.5 Å². The van der Waals surface area contributed by atoms with Crippen molar-refractivity contribution in [2.75, 3.05) is 12.0 Å². The molecule has 0 N–H and O–H groups in total. The van der Waals surface area contributed by atoms with Crippen LogP contribution in [0.5, 0.6) is 0 Å². The highest BCUT2D eigenvalue weighted by atomic mass is 16.5. The van der Waals surface area contributed by atoms with Crippen molar-refractivity contribution < 1.29 is 14.3 Å². The quantitative estimate of drug-likeness (QED) is 0.405. The number of fused-ring (bicyclic) bond motifs is 1. The number of methoxy groups -OCH3 is 1. The van der Waals surface area contributed by atoms with Gasteiger partial charge in [-0.1, -0.05) is 54.1 Å². The van der Waals surface area contributed by atoms with Gasteiger partial charge in [0.05, 0.1) is 29.7 Å². The molecule has 37 heavy (non-hydrogen) atoms. The van der Waals surface area contributed by atoms with Gasteiger partial charge in [-0.05, 0) is 42.7 Å². The predicted octanol–water partition coefficient (Wildman–Crippen LogP) is 3.68. The second kappa shape index (κ2) is 8.81. The second-order valence-corrected chi connectivity index (χ2v) is 9.33. The Kier molecular flexibility index (Phi) is 5.44. The van der Waals surface area contributed by atoms with Gasteiger partial charge in [0.2, 0.25) is 6.17 Å². The van der Waals surface area contributed by atoms with Crippen molar-refractivity contribution in [3.63, 3.8) is 0 Å². The molecular weight excluding hydrogens is 468 g/mol. The van der Waals surface area contributed by atoms with Crippen molar-refractivity contribution in [3.8, 4) is 0 Å². The third-order valence-electron chi connectivity index (χ3n) is 6.98. The predicted molar refractivity (Wildman–Crippen MR) is 140 cm³/mol. The molecule has 0 radical (unpaired) electrons. The molecular formula is C29H24N4O4. The first kappa shape index (κ1) is 22.8. The minimum Gasteiger partial charge on any atom is -0.469 e. The van der Waals surface area contributed by atoms with Crippen molar-refractivity contribution in [3.05, 3.63) is 105 Å². The number of esters is 1. The molecule has 2 unspecified atom stereocenters. The normalized spacial score (nSPS) is 18.1. The van der Waals surface area contributed by atoms with E-state index in [0.717, 1.165) is 27.9 Å². The van der Waals surface area contributed by atoms with Gasteiger partial charge in [0.15, 0.2) is 0 Å². The summed E-state index contributed by atoms with van der Waals surface area (Å²) in [4.78, 5) is 51.4. The van der Waals surface area contributed by atoms with Crippen molar-refractivity contribution in [1.29, 1.82) is 0 Å². The molecule has 0 spiro atoms. The van der Waals surface area contributed by atoms with E-state index >= 15 is 0 Å². The molecule has 3 aromatic carbocycles. The Morgan fingerprint density at radius 1 is 1.05 bits per heavy atom. The van der Waals surface area contributed by atoms with Crippen LogP contribution in [0.2, 0.25) is 0 Å². The summed E-state index contributed by atoms with van der Waals surface area (Å²) >= 11 is 0. The Morgan fingerprint density at radius 3 is 2.59 bits per heavy atom. The highest BCUT2D eigenvalue weighted by molar-refractivity contribution is 6.07. The molecule has 2 atom stereocenters. The van der Waals surface area contributed by atoms with Crippen LogP contribution in [0.1, 0.15) is 40.3 Å². The van der Waals surface area contributed by atoms with Gasteiger partial charge in [-0.3, -0.25) is 23.9 Å². The molecule has 2 aliphatic heterocycles. The van der Waals surface area contributed by atoms with Crippen LogP contribution in [0, 0.1) is 6.92 Å². The van der Waals surface area contributed by atoms with Gasteiger partial charge >= 0.3 is 5.97 Å². The molecule has 0 bridgehead atoms. The first-order valence-corrected chi connectivity index (χ1v) is 12.1. The number of carbonyl (C=O) groups excluding carboxylic acids is 2. The summed E-state index contributed by atoms with van der Waals surface area (Å²) in [5, 5.41) is 0.346. The van der Waals surface area contributed by atoms with E-state index in [0.29, 0.717) is 17.3 Å². The smallest absolute Gasteiger partial charge is 0.313 e. The molecule has 6 rings (SSSR count). The van der Waals surface area contributed by atoms with E-state index in [1.165, 1.54) is 11.7 Å². The Balaban J connectivity index is 1.57. The average Bonchev–Trinajstić information content (AvgIpc) is 3.23. The van der Waals surface area contributed by atoms with Crippen molar-refractivity contribution >= 4 is 34.7 Å². The zero-order valence-corrected chi connectivity index (χ0v) is 20.4. The lowest BCUT2D eigenvalue weighted by atomic mass is 10.0. The maximum atomic E-state index is 14.3. The SMILES string of the molecule is COC(=O)Cc1nc2ccccc2c(=O)n1C1N=Cc2cc(C)cc3c2N(C1=O)C(c1ccccc1)C3. The van der Waals surface area contributed by atoms with E-state index in [-0.39, 0.29) is 24.2 Å². The fraction of sp³-hybridized carbons (Fsp3) is 0.207. The number of hydrogen-bond acceptors (Lipinski definition) is 6. The van der Waals surface area contributed by atoms with Gasteiger partial charge in [0.25, 0.3) is 11.5 Å². The number of ether oxygens (including phenoxy) is 1. The summed E-state index contributed by atoms with van der Waals surface area (Å²) in [6.45, 7) is 2.02. The Morgan fingerprint density at radius 2 is 1.81 bits per heavy atom. The van der Waals surface area contributed by atoms with Crippen LogP contribution in [0.3, 0.4) is 0 Å². The fourth-order valence-electron chi connectivity index (χ4n) is 5.38. The van der Waals surface area contributed by atoms with Crippen LogP contribution in [0.25, 0.3) is 10.9 Å². The lowest BCUT2D eigenvalue weighted by molar-refractivity contribution is -0.140. The monoisotopic (exact) mass is 492 g/mol. The summed E-state index contributed by atoms with van der Waals surface area (Å²) < 4.78 is 6.11. The van der Waals surface area contributed by atoms with E-state index in [1.807, 2.05) is 43.3 Å². The van der Waals surface area contributed by atoms with Gasteiger partial charge in [-0.25, -0.2) is 4.98 Å². The summed E-state index contributed by atoms with van der Waals surface area (Å²) in [5.41, 5.74) is 4.76. The number of rotatable bonds is 4. The third-order valence-corrected chi connectivity index (χ3v) is 6.98. The first-order valence-electron chi connectivity index (χ1n) is 12.1. The van der Waals surface area contributed by atoms with Crippen LogP contribution in [0.4, 0.5) is 5.69 Å². The average molecular weight is 493 g/mol. The number of para-hydroxylation sites is 1. The minimum absolute atomic E-state index is 0.129. The van der Waals surface area contributed by atoms with Gasteiger partial charge in [-0.15, -0.1) is 0 Å². The van der Waals surface area contributed by atoms with E-state index < -0.39 is 17.7 Å². The molecule has 0 fully saturated rings. The topological polar surface area (TPSA) is 93.9 Å². The molecule has 0 saturated heterocycles. The standard InChI is InChI=1S/C29H24N4O4/c1-17-12-19-14-23(18-8-4-3-5-9-18)32-26(19)20(13-17)16-30-27(29(32)36)33-24(15-25(34)37-2)31-22-11-7-6-10-21(22)28(33)35/h3-13,16,23,27H,14-15H2,1-2H3. The highest BCUT2D eigenvalue weighted by Gasteiger charge is 2.42. The van der Waals surface area contributed by atoms with Crippen LogP contribution in [-0.4, -0.2) is 34.8 Å². The van der Waals surface area contributed by atoms with E-state index in [2.05, 4.69) is 16.0 Å². The molecule has 1 amide bonds. The minimum atomic E-state index is -1.23. The van der Waals surface area contributed by atoms with Gasteiger partial charge < -0.3 is 9.64 Å². The number of amides is 1. The number of anilines is 1. The number of nitrogens with zero attached hydrogens (tertiary/aromatic N) is 4. The van der Waals surface area contributed by atoms with E-state index in [4.69, 9.17) is 4.74 Å². The van der Waals surface area contributed by atoms with Crippen molar-refractivity contribution in [2.45, 2.75) is 32.0 Å². The molecule has 0 aliphatic carbocycles. The third kappa shape index (κ3) is 3.72. The van der Waals surface area contributed by atoms with E-state index in [1.54, 1.807) is 35.4 Å². The highest BCUT2D eigenvalue weighted by Crippen LogP contribution is 2.45. The maximum Gasteiger partial charge on any atom is 0.313 e. The fourth-order valence-corrected chi connectivity index (χ4v) is 5.38.